The SMILES string of the molecule is COCCN(CCO)C(=O)/C=C/c1sccc1C. The van der Waals surface area contributed by atoms with E-state index in [1.807, 2.05) is 24.4 Å². The van der Waals surface area contributed by atoms with Crippen molar-refractivity contribution in [3.8, 4) is 0 Å². The Hall–Kier alpha value is -1.17. The van der Waals surface area contributed by atoms with Crippen LogP contribution in [0, 0.1) is 6.92 Å². The van der Waals surface area contributed by atoms with Gasteiger partial charge < -0.3 is 14.7 Å². The van der Waals surface area contributed by atoms with Gasteiger partial charge in [0, 0.05) is 31.2 Å². The lowest BCUT2D eigenvalue weighted by molar-refractivity contribution is -0.127. The fourth-order valence-corrected chi connectivity index (χ4v) is 2.28. The first kappa shape index (κ1) is 14.9. The maximum atomic E-state index is 11.9. The van der Waals surface area contributed by atoms with Crippen molar-refractivity contribution >= 4 is 23.3 Å². The van der Waals surface area contributed by atoms with Crippen molar-refractivity contribution in [2.75, 3.05) is 33.4 Å². The van der Waals surface area contributed by atoms with Crippen molar-refractivity contribution in [3.05, 3.63) is 28.0 Å². The summed E-state index contributed by atoms with van der Waals surface area (Å²) in [6, 6.07) is 2.02. The van der Waals surface area contributed by atoms with Gasteiger partial charge in [-0.2, -0.15) is 0 Å². The van der Waals surface area contributed by atoms with Gasteiger partial charge in [-0.3, -0.25) is 4.79 Å². The molecule has 0 bridgehead atoms. The van der Waals surface area contributed by atoms with Gasteiger partial charge in [0.15, 0.2) is 0 Å². The van der Waals surface area contributed by atoms with E-state index >= 15 is 0 Å². The highest BCUT2D eigenvalue weighted by atomic mass is 32.1. The number of carbonyl (C=O) groups is 1. The summed E-state index contributed by atoms with van der Waals surface area (Å²) < 4.78 is 4.94. The van der Waals surface area contributed by atoms with Gasteiger partial charge in [0.05, 0.1) is 13.2 Å². The van der Waals surface area contributed by atoms with Crippen molar-refractivity contribution in [1.82, 2.24) is 4.90 Å². The quantitative estimate of drug-likeness (QED) is 0.764. The molecule has 0 unspecified atom stereocenters. The summed E-state index contributed by atoms with van der Waals surface area (Å²) >= 11 is 1.60. The minimum Gasteiger partial charge on any atom is -0.395 e. The van der Waals surface area contributed by atoms with Crippen molar-refractivity contribution in [2.45, 2.75) is 6.92 Å². The van der Waals surface area contributed by atoms with Crippen LogP contribution in [0.3, 0.4) is 0 Å². The van der Waals surface area contributed by atoms with E-state index in [2.05, 4.69) is 0 Å². The Balaban J connectivity index is 2.60. The number of aliphatic hydroxyl groups is 1. The number of rotatable bonds is 7. The number of hydrogen-bond donors (Lipinski definition) is 1. The number of amides is 1. The molecule has 0 spiro atoms. The van der Waals surface area contributed by atoms with Crippen LogP contribution in [0.1, 0.15) is 10.4 Å². The number of aliphatic hydroxyl groups excluding tert-OH is 1. The minimum absolute atomic E-state index is 0.0404. The zero-order valence-electron chi connectivity index (χ0n) is 10.8. The number of hydrogen-bond acceptors (Lipinski definition) is 4. The lowest BCUT2D eigenvalue weighted by atomic mass is 10.2. The smallest absolute Gasteiger partial charge is 0.246 e. The Morgan fingerprint density at radius 2 is 2.33 bits per heavy atom. The van der Waals surface area contributed by atoms with Gasteiger partial charge in [0.25, 0.3) is 0 Å². The van der Waals surface area contributed by atoms with E-state index in [1.54, 1.807) is 29.4 Å². The van der Waals surface area contributed by atoms with Gasteiger partial charge in [-0.15, -0.1) is 11.3 Å². The molecule has 1 heterocycles. The summed E-state index contributed by atoms with van der Waals surface area (Å²) in [7, 11) is 1.59. The number of thiophene rings is 1. The van der Waals surface area contributed by atoms with Crippen LogP contribution >= 0.6 is 11.3 Å². The Labute approximate surface area is 111 Å². The van der Waals surface area contributed by atoms with Crippen LogP contribution in [0.5, 0.6) is 0 Å². The Morgan fingerprint density at radius 1 is 1.56 bits per heavy atom. The molecule has 0 aliphatic heterocycles. The van der Waals surface area contributed by atoms with Crippen molar-refractivity contribution in [2.24, 2.45) is 0 Å². The average molecular weight is 269 g/mol. The summed E-state index contributed by atoms with van der Waals surface area (Å²) in [4.78, 5) is 14.6. The van der Waals surface area contributed by atoms with E-state index in [0.717, 1.165) is 10.4 Å². The molecule has 0 aromatic carbocycles. The number of carbonyl (C=O) groups excluding carboxylic acids is 1. The monoisotopic (exact) mass is 269 g/mol. The first-order valence-corrected chi connectivity index (χ1v) is 6.68. The van der Waals surface area contributed by atoms with Crippen molar-refractivity contribution < 1.29 is 14.6 Å². The molecule has 18 heavy (non-hydrogen) atoms. The fraction of sp³-hybridized carbons (Fsp3) is 0.462. The van der Waals surface area contributed by atoms with Gasteiger partial charge in [-0.05, 0) is 30.0 Å². The first-order valence-electron chi connectivity index (χ1n) is 5.80. The number of ether oxygens (including phenoxy) is 1. The zero-order valence-corrected chi connectivity index (χ0v) is 11.6. The maximum Gasteiger partial charge on any atom is 0.246 e. The van der Waals surface area contributed by atoms with E-state index in [-0.39, 0.29) is 12.5 Å². The second kappa shape index (κ2) is 8.02. The van der Waals surface area contributed by atoms with Crippen molar-refractivity contribution in [1.29, 1.82) is 0 Å². The summed E-state index contributed by atoms with van der Waals surface area (Å²) in [6.07, 6.45) is 3.36. The van der Waals surface area contributed by atoms with E-state index in [4.69, 9.17) is 9.84 Å². The molecule has 0 aliphatic rings. The van der Waals surface area contributed by atoms with Crippen LogP contribution in [0.15, 0.2) is 17.5 Å². The molecular formula is C13H19NO3S. The van der Waals surface area contributed by atoms with Gasteiger partial charge in [-0.1, -0.05) is 0 Å². The highest BCUT2D eigenvalue weighted by Crippen LogP contribution is 2.17. The van der Waals surface area contributed by atoms with Crippen molar-refractivity contribution in [3.63, 3.8) is 0 Å². The third-order valence-electron chi connectivity index (χ3n) is 2.53. The molecule has 0 radical (unpaired) electrons. The number of methoxy groups -OCH3 is 1. The number of aryl methyl sites for hydroxylation is 1. The summed E-state index contributed by atoms with van der Waals surface area (Å²) in [5.74, 6) is -0.103. The zero-order chi connectivity index (χ0) is 13.4. The van der Waals surface area contributed by atoms with Crippen LogP contribution in [-0.2, 0) is 9.53 Å². The molecule has 1 aromatic heterocycles. The number of nitrogens with zero attached hydrogens (tertiary/aromatic N) is 1. The van der Waals surface area contributed by atoms with E-state index in [0.29, 0.717) is 19.7 Å². The molecule has 0 atom stereocenters. The highest BCUT2D eigenvalue weighted by molar-refractivity contribution is 7.11. The molecule has 4 nitrogen and oxygen atoms in total. The standard InChI is InChI=1S/C13H19NO3S/c1-11-5-10-18-12(11)3-4-13(16)14(6-8-15)7-9-17-2/h3-5,10,15H,6-9H2,1-2H3/b4-3+. The highest BCUT2D eigenvalue weighted by Gasteiger charge is 2.09. The van der Waals surface area contributed by atoms with Gasteiger partial charge in [0.2, 0.25) is 5.91 Å². The Bertz CT molecular complexity index is 401. The molecule has 100 valence electrons. The minimum atomic E-state index is -0.103. The predicted molar refractivity (Wildman–Crippen MR) is 73.6 cm³/mol. The predicted octanol–water partition coefficient (Wildman–Crippen LogP) is 1.54. The summed E-state index contributed by atoms with van der Waals surface area (Å²) in [5.41, 5.74) is 1.16. The van der Waals surface area contributed by atoms with E-state index < -0.39 is 0 Å². The third-order valence-corrected chi connectivity index (χ3v) is 3.51. The Kier molecular flexibility index (Phi) is 6.64. The van der Waals surface area contributed by atoms with E-state index in [9.17, 15) is 4.79 Å². The molecule has 0 fully saturated rings. The van der Waals surface area contributed by atoms with Crippen LogP contribution in [-0.4, -0.2) is 49.3 Å². The van der Waals surface area contributed by atoms with Gasteiger partial charge in [-0.25, -0.2) is 0 Å². The normalized spacial score (nSPS) is 11.1. The fourth-order valence-electron chi connectivity index (χ4n) is 1.46. The summed E-state index contributed by atoms with van der Waals surface area (Å²) in [5, 5.41) is 10.9. The molecule has 1 N–H and O–H groups in total. The van der Waals surface area contributed by atoms with E-state index in [1.165, 1.54) is 0 Å². The van der Waals surface area contributed by atoms with Gasteiger partial charge >= 0.3 is 0 Å². The third kappa shape index (κ3) is 4.60. The topological polar surface area (TPSA) is 49.8 Å². The largest absolute Gasteiger partial charge is 0.395 e. The molecule has 0 saturated heterocycles. The molecule has 1 amide bonds. The molecule has 5 heteroatoms. The maximum absolute atomic E-state index is 11.9. The lowest BCUT2D eigenvalue weighted by Gasteiger charge is -2.19. The van der Waals surface area contributed by atoms with Crippen LogP contribution in [0.2, 0.25) is 0 Å². The molecule has 1 rings (SSSR count). The molecule has 1 aromatic rings. The lowest BCUT2D eigenvalue weighted by Crippen LogP contribution is -2.34. The van der Waals surface area contributed by atoms with Crippen LogP contribution < -0.4 is 0 Å². The van der Waals surface area contributed by atoms with Crippen LogP contribution in [0.4, 0.5) is 0 Å². The molecule has 0 saturated carbocycles. The van der Waals surface area contributed by atoms with Crippen LogP contribution in [0.25, 0.3) is 6.08 Å². The first-order chi connectivity index (χ1) is 8.69. The molecule has 0 aliphatic carbocycles. The average Bonchev–Trinajstić information content (AvgIpc) is 2.77. The molecular weight excluding hydrogens is 250 g/mol. The summed E-state index contributed by atoms with van der Waals surface area (Å²) in [6.45, 7) is 3.26. The second-order valence-corrected chi connectivity index (χ2v) is 4.79. The second-order valence-electron chi connectivity index (χ2n) is 3.84. The Morgan fingerprint density at radius 3 is 2.89 bits per heavy atom. The van der Waals surface area contributed by atoms with Gasteiger partial charge in [0.1, 0.15) is 0 Å².